The molecule has 2 aromatic carbocycles. The Balaban J connectivity index is 2.02. The van der Waals surface area contributed by atoms with Crippen LogP contribution in [0, 0.1) is 10.1 Å². The maximum atomic E-state index is 12.1. The summed E-state index contributed by atoms with van der Waals surface area (Å²) in [6.07, 6.45) is 0. The van der Waals surface area contributed by atoms with E-state index in [4.69, 9.17) is 4.74 Å². The van der Waals surface area contributed by atoms with Gasteiger partial charge in [0.05, 0.1) is 16.0 Å². The van der Waals surface area contributed by atoms with E-state index in [2.05, 4.69) is 26.8 Å². The zero-order chi connectivity index (χ0) is 18.4. The third-order valence-electron chi connectivity index (χ3n) is 3.10. The van der Waals surface area contributed by atoms with Gasteiger partial charge in [-0.25, -0.2) is 0 Å². The Morgan fingerprint density at radius 1 is 1.12 bits per heavy atom. The summed E-state index contributed by atoms with van der Waals surface area (Å²) in [7, 11) is 0. The molecule has 2 amide bonds. The number of hydrogen-bond acceptors (Lipinski definition) is 5. The van der Waals surface area contributed by atoms with Crippen LogP contribution in [-0.2, 0) is 0 Å². The smallest absolute Gasteiger partial charge is 0.270 e. The van der Waals surface area contributed by atoms with Crippen LogP contribution in [0.5, 0.6) is 5.75 Å². The van der Waals surface area contributed by atoms with Gasteiger partial charge in [0.25, 0.3) is 17.5 Å². The first-order valence-corrected chi connectivity index (χ1v) is 7.99. The molecule has 0 saturated heterocycles. The summed E-state index contributed by atoms with van der Waals surface area (Å²) >= 11 is 3.30. The lowest BCUT2D eigenvalue weighted by molar-refractivity contribution is -0.384. The van der Waals surface area contributed by atoms with Crippen molar-refractivity contribution in [2.45, 2.75) is 6.92 Å². The van der Waals surface area contributed by atoms with E-state index < -0.39 is 16.7 Å². The fourth-order valence-electron chi connectivity index (χ4n) is 1.93. The van der Waals surface area contributed by atoms with Crippen molar-refractivity contribution in [3.05, 3.63) is 68.2 Å². The average Bonchev–Trinajstić information content (AvgIpc) is 2.61. The number of halogens is 1. The Morgan fingerprint density at radius 3 is 2.32 bits per heavy atom. The number of hydrazine groups is 1. The molecule has 0 aliphatic carbocycles. The quantitative estimate of drug-likeness (QED) is 0.584. The predicted octanol–water partition coefficient (Wildman–Crippen LogP) is 2.83. The standard InChI is InChI=1S/C16H14BrN3O5/c1-2-25-14-7-6-11(9-13(14)17)16(22)19-18-15(21)10-4-3-5-12(8-10)20(23)24/h3-9H,2H2,1H3,(H,18,21)(H,19,22). The molecule has 0 atom stereocenters. The molecule has 0 bridgehead atoms. The van der Waals surface area contributed by atoms with E-state index in [-0.39, 0.29) is 11.3 Å². The Morgan fingerprint density at radius 2 is 1.76 bits per heavy atom. The molecule has 0 fully saturated rings. The first kappa shape index (κ1) is 18.4. The Hall–Kier alpha value is -2.94. The Bertz CT molecular complexity index is 825. The van der Waals surface area contributed by atoms with Crippen molar-refractivity contribution in [2.24, 2.45) is 0 Å². The van der Waals surface area contributed by atoms with Gasteiger partial charge in [0.2, 0.25) is 0 Å². The van der Waals surface area contributed by atoms with Crippen LogP contribution in [0.4, 0.5) is 5.69 Å². The molecule has 130 valence electrons. The highest BCUT2D eigenvalue weighted by Gasteiger charge is 2.13. The SMILES string of the molecule is CCOc1ccc(C(=O)NNC(=O)c2cccc([N+](=O)[O-])c2)cc1Br. The third kappa shape index (κ3) is 4.77. The van der Waals surface area contributed by atoms with Crippen molar-refractivity contribution in [2.75, 3.05) is 6.61 Å². The van der Waals surface area contributed by atoms with E-state index in [1.54, 1.807) is 18.2 Å². The van der Waals surface area contributed by atoms with Crippen molar-refractivity contribution in [3.63, 3.8) is 0 Å². The molecule has 0 radical (unpaired) electrons. The minimum atomic E-state index is -0.665. The number of ether oxygens (including phenoxy) is 1. The Labute approximate surface area is 151 Å². The zero-order valence-electron chi connectivity index (χ0n) is 13.1. The number of hydrogen-bond donors (Lipinski definition) is 2. The molecule has 8 nitrogen and oxygen atoms in total. The van der Waals surface area contributed by atoms with E-state index in [0.717, 1.165) is 6.07 Å². The number of nitrogens with zero attached hydrogens (tertiary/aromatic N) is 1. The van der Waals surface area contributed by atoms with Crippen molar-refractivity contribution >= 4 is 33.4 Å². The average molecular weight is 408 g/mol. The molecule has 0 aliphatic rings. The van der Waals surface area contributed by atoms with Crippen LogP contribution in [0.3, 0.4) is 0 Å². The van der Waals surface area contributed by atoms with Crippen molar-refractivity contribution in [3.8, 4) is 5.75 Å². The lowest BCUT2D eigenvalue weighted by Crippen LogP contribution is -2.41. The molecule has 0 aromatic heterocycles. The van der Waals surface area contributed by atoms with Crippen LogP contribution in [0.15, 0.2) is 46.9 Å². The van der Waals surface area contributed by atoms with Gasteiger partial charge in [-0.1, -0.05) is 6.07 Å². The molecule has 0 aliphatic heterocycles. The first-order valence-electron chi connectivity index (χ1n) is 7.20. The molecule has 2 N–H and O–H groups in total. The summed E-state index contributed by atoms with van der Waals surface area (Å²) in [5.74, 6) is -0.607. The van der Waals surface area contributed by atoms with E-state index in [1.165, 1.54) is 18.2 Å². The first-order chi connectivity index (χ1) is 11.9. The molecule has 0 saturated carbocycles. The van der Waals surface area contributed by atoms with Gasteiger partial charge in [-0.05, 0) is 47.1 Å². The summed E-state index contributed by atoms with van der Waals surface area (Å²) in [6, 6.07) is 9.91. The molecule has 9 heteroatoms. The van der Waals surface area contributed by atoms with Gasteiger partial charge in [0.1, 0.15) is 5.75 Å². The maximum Gasteiger partial charge on any atom is 0.270 e. The number of benzene rings is 2. The van der Waals surface area contributed by atoms with Crippen LogP contribution in [0.2, 0.25) is 0 Å². The normalized spacial score (nSPS) is 10.0. The van der Waals surface area contributed by atoms with Crippen LogP contribution in [-0.4, -0.2) is 23.3 Å². The monoisotopic (exact) mass is 407 g/mol. The number of nitrogens with one attached hydrogen (secondary N) is 2. The van der Waals surface area contributed by atoms with Gasteiger partial charge in [-0.3, -0.25) is 30.6 Å². The van der Waals surface area contributed by atoms with Crippen molar-refractivity contribution in [1.29, 1.82) is 0 Å². The number of carbonyl (C=O) groups excluding carboxylic acids is 2. The molecule has 2 rings (SSSR count). The highest BCUT2D eigenvalue weighted by atomic mass is 79.9. The number of non-ortho nitro benzene ring substituents is 1. The molecule has 0 spiro atoms. The van der Waals surface area contributed by atoms with Crippen molar-refractivity contribution in [1.82, 2.24) is 10.9 Å². The number of carbonyl (C=O) groups is 2. The van der Waals surface area contributed by atoms with Crippen LogP contribution >= 0.6 is 15.9 Å². The lowest BCUT2D eigenvalue weighted by atomic mass is 10.2. The predicted molar refractivity (Wildman–Crippen MR) is 93.3 cm³/mol. The molecule has 2 aromatic rings. The van der Waals surface area contributed by atoms with Crippen LogP contribution in [0.25, 0.3) is 0 Å². The molecular weight excluding hydrogens is 394 g/mol. The van der Waals surface area contributed by atoms with Gasteiger partial charge < -0.3 is 4.74 Å². The minimum absolute atomic E-state index is 0.0578. The van der Waals surface area contributed by atoms with E-state index in [0.29, 0.717) is 22.4 Å². The van der Waals surface area contributed by atoms with Gasteiger partial charge >= 0.3 is 0 Å². The second-order valence-electron chi connectivity index (χ2n) is 4.79. The van der Waals surface area contributed by atoms with E-state index in [1.807, 2.05) is 6.92 Å². The second kappa shape index (κ2) is 8.25. The minimum Gasteiger partial charge on any atom is -0.493 e. The summed E-state index contributed by atoms with van der Waals surface area (Å²) in [5.41, 5.74) is 4.61. The number of nitro groups is 1. The molecule has 0 heterocycles. The molecule has 25 heavy (non-hydrogen) atoms. The lowest BCUT2D eigenvalue weighted by Gasteiger charge is -2.10. The van der Waals surface area contributed by atoms with E-state index in [9.17, 15) is 19.7 Å². The van der Waals surface area contributed by atoms with Crippen LogP contribution < -0.4 is 15.6 Å². The number of rotatable bonds is 5. The summed E-state index contributed by atoms with van der Waals surface area (Å²) in [5, 5.41) is 10.7. The van der Waals surface area contributed by atoms with Gasteiger partial charge in [-0.15, -0.1) is 0 Å². The zero-order valence-corrected chi connectivity index (χ0v) is 14.7. The molecule has 0 unspecified atom stereocenters. The summed E-state index contributed by atoms with van der Waals surface area (Å²) in [6.45, 7) is 2.33. The van der Waals surface area contributed by atoms with Gasteiger partial charge in [0, 0.05) is 23.3 Å². The summed E-state index contributed by atoms with van der Waals surface area (Å²) < 4.78 is 5.96. The summed E-state index contributed by atoms with van der Waals surface area (Å²) in [4.78, 5) is 34.2. The molecular formula is C16H14BrN3O5. The van der Waals surface area contributed by atoms with Crippen molar-refractivity contribution < 1.29 is 19.2 Å². The number of amides is 2. The largest absolute Gasteiger partial charge is 0.493 e. The highest BCUT2D eigenvalue weighted by molar-refractivity contribution is 9.10. The fraction of sp³-hybridized carbons (Fsp3) is 0.125. The second-order valence-corrected chi connectivity index (χ2v) is 5.65. The maximum absolute atomic E-state index is 12.1. The van der Waals surface area contributed by atoms with Gasteiger partial charge in [-0.2, -0.15) is 0 Å². The third-order valence-corrected chi connectivity index (χ3v) is 3.72. The number of nitro benzene ring substituents is 1. The van der Waals surface area contributed by atoms with Crippen LogP contribution in [0.1, 0.15) is 27.6 Å². The Kier molecular flexibility index (Phi) is 6.07. The van der Waals surface area contributed by atoms with E-state index >= 15 is 0 Å². The topological polar surface area (TPSA) is 111 Å². The fourth-order valence-corrected chi connectivity index (χ4v) is 2.43. The highest BCUT2D eigenvalue weighted by Crippen LogP contribution is 2.25. The van der Waals surface area contributed by atoms with Gasteiger partial charge in [0.15, 0.2) is 0 Å².